The molecule has 1 atom stereocenters. The molecule has 0 aromatic heterocycles. The van der Waals surface area contributed by atoms with Gasteiger partial charge in [-0.15, -0.1) is 0 Å². The van der Waals surface area contributed by atoms with Crippen molar-refractivity contribution in [2.45, 2.75) is 31.7 Å². The minimum Gasteiger partial charge on any atom is -0.497 e. The smallest absolute Gasteiger partial charge is 0.119 e. The zero-order valence-electron chi connectivity index (χ0n) is 10.5. The molecule has 0 bridgehead atoms. The molecule has 0 saturated carbocycles. The molecule has 0 amide bonds. The molecule has 92 valence electrons. The molecule has 1 aromatic rings. The first-order valence-corrected chi connectivity index (χ1v) is 6.44. The van der Waals surface area contributed by atoms with Gasteiger partial charge in [0.1, 0.15) is 5.75 Å². The van der Waals surface area contributed by atoms with Crippen LogP contribution in [0.3, 0.4) is 0 Å². The van der Waals surface area contributed by atoms with Crippen molar-refractivity contribution in [3.05, 3.63) is 35.9 Å². The van der Waals surface area contributed by atoms with E-state index in [-0.39, 0.29) is 0 Å². The SMILES string of the molecule is COc1cccc(/C=C/C2CCCCCN2)c1. The molecule has 1 heterocycles. The molecule has 1 unspecified atom stereocenters. The van der Waals surface area contributed by atoms with E-state index >= 15 is 0 Å². The first-order valence-electron chi connectivity index (χ1n) is 6.44. The Hall–Kier alpha value is -1.28. The topological polar surface area (TPSA) is 21.3 Å². The van der Waals surface area contributed by atoms with E-state index in [0.717, 1.165) is 12.3 Å². The van der Waals surface area contributed by atoms with Crippen molar-refractivity contribution in [2.75, 3.05) is 13.7 Å². The summed E-state index contributed by atoms with van der Waals surface area (Å²) in [5.41, 5.74) is 1.20. The number of hydrogen-bond donors (Lipinski definition) is 1. The summed E-state index contributed by atoms with van der Waals surface area (Å²) >= 11 is 0. The Morgan fingerprint density at radius 3 is 3.12 bits per heavy atom. The normalized spacial score (nSPS) is 21.4. The van der Waals surface area contributed by atoms with Gasteiger partial charge in [0.2, 0.25) is 0 Å². The van der Waals surface area contributed by atoms with E-state index in [1.807, 2.05) is 12.1 Å². The first-order chi connectivity index (χ1) is 8.38. The van der Waals surface area contributed by atoms with Gasteiger partial charge in [0.05, 0.1) is 7.11 Å². The number of hydrogen-bond acceptors (Lipinski definition) is 2. The lowest BCUT2D eigenvalue weighted by atomic mass is 10.1. The highest BCUT2D eigenvalue weighted by atomic mass is 16.5. The molecule has 2 nitrogen and oxygen atoms in total. The van der Waals surface area contributed by atoms with Crippen molar-refractivity contribution in [1.82, 2.24) is 5.32 Å². The second-order valence-corrected chi connectivity index (χ2v) is 4.55. The monoisotopic (exact) mass is 231 g/mol. The van der Waals surface area contributed by atoms with E-state index in [9.17, 15) is 0 Å². The maximum atomic E-state index is 5.22. The second-order valence-electron chi connectivity index (χ2n) is 4.55. The third-order valence-electron chi connectivity index (χ3n) is 3.21. The van der Waals surface area contributed by atoms with Gasteiger partial charge >= 0.3 is 0 Å². The molecule has 0 radical (unpaired) electrons. The van der Waals surface area contributed by atoms with Crippen LogP contribution >= 0.6 is 0 Å². The van der Waals surface area contributed by atoms with Crippen LogP contribution < -0.4 is 10.1 Å². The maximum Gasteiger partial charge on any atom is 0.119 e. The number of methoxy groups -OCH3 is 1. The van der Waals surface area contributed by atoms with Crippen molar-refractivity contribution in [3.63, 3.8) is 0 Å². The Labute approximate surface area is 104 Å². The molecule has 2 heteroatoms. The fraction of sp³-hybridized carbons (Fsp3) is 0.467. The molecule has 1 aliphatic rings. The Morgan fingerprint density at radius 2 is 2.24 bits per heavy atom. The quantitative estimate of drug-likeness (QED) is 0.862. The van der Waals surface area contributed by atoms with E-state index < -0.39 is 0 Å². The van der Waals surface area contributed by atoms with Crippen LogP contribution in [-0.4, -0.2) is 19.7 Å². The summed E-state index contributed by atoms with van der Waals surface area (Å²) in [4.78, 5) is 0. The summed E-state index contributed by atoms with van der Waals surface area (Å²) in [6.07, 6.45) is 9.71. The van der Waals surface area contributed by atoms with Crippen LogP contribution in [0.15, 0.2) is 30.3 Å². The van der Waals surface area contributed by atoms with Crippen LogP contribution in [0.2, 0.25) is 0 Å². The number of benzene rings is 1. The largest absolute Gasteiger partial charge is 0.497 e. The van der Waals surface area contributed by atoms with Gasteiger partial charge in [-0.3, -0.25) is 0 Å². The third-order valence-corrected chi connectivity index (χ3v) is 3.21. The Bertz CT molecular complexity index is 365. The van der Waals surface area contributed by atoms with Crippen LogP contribution in [0.25, 0.3) is 6.08 Å². The number of rotatable bonds is 3. The molecule has 1 saturated heterocycles. The summed E-state index contributed by atoms with van der Waals surface area (Å²) < 4.78 is 5.22. The summed E-state index contributed by atoms with van der Waals surface area (Å²) in [5.74, 6) is 0.918. The van der Waals surface area contributed by atoms with E-state index in [1.165, 1.54) is 31.2 Å². The predicted octanol–water partition coefficient (Wildman–Crippen LogP) is 3.24. The lowest BCUT2D eigenvalue weighted by molar-refractivity contribution is 0.414. The van der Waals surface area contributed by atoms with Crippen molar-refractivity contribution in [3.8, 4) is 5.75 Å². The molecular formula is C15H21NO. The second kappa shape index (κ2) is 6.45. The molecule has 17 heavy (non-hydrogen) atoms. The lowest BCUT2D eigenvalue weighted by Crippen LogP contribution is -2.25. The molecule has 1 N–H and O–H groups in total. The predicted molar refractivity (Wildman–Crippen MR) is 72.3 cm³/mol. The van der Waals surface area contributed by atoms with Crippen molar-refractivity contribution < 1.29 is 4.74 Å². The highest BCUT2D eigenvalue weighted by Gasteiger charge is 2.07. The minimum absolute atomic E-state index is 0.531. The average molecular weight is 231 g/mol. The van der Waals surface area contributed by atoms with Gasteiger partial charge in [-0.05, 0) is 37.1 Å². The zero-order chi connectivity index (χ0) is 11.9. The fourth-order valence-electron chi connectivity index (χ4n) is 2.19. The average Bonchev–Trinajstić information content (AvgIpc) is 2.65. The van der Waals surface area contributed by atoms with Gasteiger partial charge < -0.3 is 10.1 Å². The van der Waals surface area contributed by atoms with Crippen molar-refractivity contribution >= 4 is 6.08 Å². The molecule has 1 aliphatic heterocycles. The Morgan fingerprint density at radius 1 is 1.29 bits per heavy atom. The van der Waals surface area contributed by atoms with Crippen LogP contribution in [0.1, 0.15) is 31.2 Å². The Kier molecular flexibility index (Phi) is 4.63. The van der Waals surface area contributed by atoms with Gasteiger partial charge in [-0.25, -0.2) is 0 Å². The van der Waals surface area contributed by atoms with Crippen molar-refractivity contribution in [2.24, 2.45) is 0 Å². The molecular weight excluding hydrogens is 210 g/mol. The number of nitrogens with one attached hydrogen (secondary N) is 1. The third kappa shape index (κ3) is 3.90. The van der Waals surface area contributed by atoms with Crippen LogP contribution in [-0.2, 0) is 0 Å². The Balaban J connectivity index is 1.98. The van der Waals surface area contributed by atoms with E-state index in [4.69, 9.17) is 4.74 Å². The summed E-state index contributed by atoms with van der Waals surface area (Å²) in [6, 6.07) is 8.70. The van der Waals surface area contributed by atoms with Crippen molar-refractivity contribution in [1.29, 1.82) is 0 Å². The van der Waals surface area contributed by atoms with Crippen LogP contribution in [0.5, 0.6) is 5.75 Å². The van der Waals surface area contributed by atoms with Gasteiger partial charge in [0.15, 0.2) is 0 Å². The molecule has 2 rings (SSSR count). The summed E-state index contributed by atoms with van der Waals surface area (Å²) in [6.45, 7) is 1.15. The van der Waals surface area contributed by atoms with E-state index in [2.05, 4.69) is 29.6 Å². The van der Waals surface area contributed by atoms with Crippen LogP contribution in [0.4, 0.5) is 0 Å². The maximum absolute atomic E-state index is 5.22. The highest BCUT2D eigenvalue weighted by molar-refractivity contribution is 5.52. The summed E-state index contributed by atoms with van der Waals surface area (Å²) in [5, 5.41) is 3.56. The van der Waals surface area contributed by atoms with Crippen LogP contribution in [0, 0.1) is 0 Å². The summed E-state index contributed by atoms with van der Waals surface area (Å²) in [7, 11) is 1.70. The van der Waals surface area contributed by atoms with Gasteiger partial charge in [-0.2, -0.15) is 0 Å². The molecule has 1 fully saturated rings. The minimum atomic E-state index is 0.531. The zero-order valence-corrected chi connectivity index (χ0v) is 10.5. The standard InChI is InChI=1S/C15H21NO/c1-17-15-8-5-6-13(12-15)9-10-14-7-3-2-4-11-16-14/h5-6,8-10,12,14,16H,2-4,7,11H2,1H3/b10-9+. The van der Waals surface area contributed by atoms with Gasteiger partial charge in [0, 0.05) is 6.04 Å². The molecule has 0 aliphatic carbocycles. The first kappa shape index (κ1) is 12.2. The fourth-order valence-corrected chi connectivity index (χ4v) is 2.19. The van der Waals surface area contributed by atoms with Gasteiger partial charge in [0.25, 0.3) is 0 Å². The van der Waals surface area contributed by atoms with E-state index in [0.29, 0.717) is 6.04 Å². The highest BCUT2D eigenvalue weighted by Crippen LogP contribution is 2.15. The lowest BCUT2D eigenvalue weighted by Gasteiger charge is -2.10. The van der Waals surface area contributed by atoms with Gasteiger partial charge in [-0.1, -0.05) is 37.1 Å². The van der Waals surface area contributed by atoms with E-state index in [1.54, 1.807) is 7.11 Å². The molecule has 0 spiro atoms. The number of ether oxygens (including phenoxy) is 1. The molecule has 1 aromatic carbocycles.